The second kappa shape index (κ2) is 4.41. The molecule has 0 radical (unpaired) electrons. The Morgan fingerprint density at radius 3 is 2.77 bits per heavy atom. The van der Waals surface area contributed by atoms with E-state index in [4.69, 9.17) is 4.74 Å². The lowest BCUT2D eigenvalue weighted by atomic mass is 10.2. The van der Waals surface area contributed by atoms with Crippen LogP contribution in [0.3, 0.4) is 0 Å². The summed E-state index contributed by atoms with van der Waals surface area (Å²) in [6.45, 7) is 5.04. The van der Waals surface area contributed by atoms with Crippen molar-refractivity contribution in [1.82, 2.24) is 0 Å². The van der Waals surface area contributed by atoms with E-state index in [-0.39, 0.29) is 5.97 Å². The predicted molar refractivity (Wildman–Crippen MR) is 60.6 cm³/mol. The summed E-state index contributed by atoms with van der Waals surface area (Å²) >= 11 is 2.12. The van der Waals surface area contributed by atoms with Gasteiger partial charge in [-0.1, -0.05) is 18.7 Å². The minimum absolute atomic E-state index is 0.302. The van der Waals surface area contributed by atoms with Crippen LogP contribution in [0.2, 0.25) is 0 Å². The minimum Gasteiger partial charge on any atom is -0.426 e. The van der Waals surface area contributed by atoms with E-state index in [2.05, 4.69) is 29.2 Å². The highest BCUT2D eigenvalue weighted by Crippen LogP contribution is 2.22. The predicted octanol–water partition coefficient (Wildman–Crippen LogP) is 2.86. The Morgan fingerprint density at radius 1 is 1.62 bits per heavy atom. The van der Waals surface area contributed by atoms with E-state index in [0.29, 0.717) is 5.75 Å². The van der Waals surface area contributed by atoms with Crippen molar-refractivity contribution in [2.45, 2.75) is 6.92 Å². The summed E-state index contributed by atoms with van der Waals surface area (Å²) in [6, 6.07) is 5.53. The number of halogens is 1. The van der Waals surface area contributed by atoms with E-state index in [0.717, 1.165) is 9.13 Å². The van der Waals surface area contributed by atoms with Crippen LogP contribution >= 0.6 is 22.6 Å². The fourth-order valence-corrected chi connectivity index (χ4v) is 1.53. The molecule has 0 fully saturated rings. The lowest BCUT2D eigenvalue weighted by Crippen LogP contribution is -2.02. The molecule has 0 atom stereocenters. The molecule has 0 amide bonds. The average molecular weight is 288 g/mol. The zero-order valence-corrected chi connectivity index (χ0v) is 9.37. The van der Waals surface area contributed by atoms with Gasteiger partial charge in [0.25, 0.3) is 0 Å². The van der Waals surface area contributed by atoms with Gasteiger partial charge in [-0.25, -0.2) is 0 Å². The van der Waals surface area contributed by atoms with Crippen LogP contribution in [0.25, 0.3) is 6.08 Å². The van der Waals surface area contributed by atoms with Crippen molar-refractivity contribution >= 4 is 34.6 Å². The first kappa shape index (κ1) is 10.2. The molecule has 0 spiro atoms. The Balaban J connectivity index is 2.98. The lowest BCUT2D eigenvalue weighted by Gasteiger charge is -2.04. The van der Waals surface area contributed by atoms with Crippen LogP contribution in [0.15, 0.2) is 24.8 Å². The Labute approximate surface area is 90.7 Å². The molecule has 0 aliphatic rings. The third-order valence-corrected chi connectivity index (χ3v) is 2.29. The monoisotopic (exact) mass is 288 g/mol. The minimum atomic E-state index is -0.302. The molecule has 1 aromatic carbocycles. The maximum Gasteiger partial charge on any atom is 0.308 e. The molecular formula is C10H9IO2. The smallest absolute Gasteiger partial charge is 0.308 e. The first-order valence-corrected chi connectivity index (χ1v) is 4.82. The van der Waals surface area contributed by atoms with Crippen molar-refractivity contribution < 1.29 is 9.53 Å². The molecule has 0 saturated heterocycles. The third-order valence-electron chi connectivity index (χ3n) is 1.45. The second-order valence-corrected chi connectivity index (χ2v) is 3.65. The van der Waals surface area contributed by atoms with Crippen molar-refractivity contribution in [2.24, 2.45) is 0 Å². The zero-order chi connectivity index (χ0) is 9.84. The van der Waals surface area contributed by atoms with Gasteiger partial charge in [0.15, 0.2) is 0 Å². The molecule has 0 unspecified atom stereocenters. The Morgan fingerprint density at radius 2 is 2.31 bits per heavy atom. The number of hydrogen-bond donors (Lipinski definition) is 0. The SMILES string of the molecule is C=Cc1ccc(OC(C)=O)c(I)c1. The quantitative estimate of drug-likeness (QED) is 0.475. The van der Waals surface area contributed by atoms with Crippen LogP contribution in [0.4, 0.5) is 0 Å². The molecule has 0 N–H and O–H groups in total. The molecule has 0 aromatic heterocycles. The van der Waals surface area contributed by atoms with Crippen LogP contribution < -0.4 is 4.74 Å². The fourth-order valence-electron chi connectivity index (χ4n) is 0.882. The number of carbonyl (C=O) groups is 1. The Bertz CT molecular complexity index is 345. The van der Waals surface area contributed by atoms with Gasteiger partial charge >= 0.3 is 5.97 Å². The van der Waals surface area contributed by atoms with E-state index < -0.39 is 0 Å². The van der Waals surface area contributed by atoms with Crippen molar-refractivity contribution in [1.29, 1.82) is 0 Å². The fraction of sp³-hybridized carbons (Fsp3) is 0.100. The molecule has 0 heterocycles. The standard InChI is InChI=1S/C10H9IO2/c1-3-8-4-5-10(9(11)6-8)13-7(2)12/h3-6H,1H2,2H3. The van der Waals surface area contributed by atoms with E-state index in [9.17, 15) is 4.79 Å². The summed E-state index contributed by atoms with van der Waals surface area (Å²) in [5.74, 6) is 0.294. The van der Waals surface area contributed by atoms with Gasteiger partial charge in [0.05, 0.1) is 3.57 Å². The third kappa shape index (κ3) is 2.84. The zero-order valence-electron chi connectivity index (χ0n) is 7.21. The molecule has 13 heavy (non-hydrogen) atoms. The number of hydrogen-bond acceptors (Lipinski definition) is 2. The molecule has 0 aliphatic carbocycles. The largest absolute Gasteiger partial charge is 0.426 e. The number of benzene rings is 1. The molecule has 68 valence electrons. The van der Waals surface area contributed by atoms with Gasteiger partial charge in [-0.3, -0.25) is 4.79 Å². The van der Waals surface area contributed by atoms with E-state index in [1.807, 2.05) is 12.1 Å². The van der Waals surface area contributed by atoms with Crippen LogP contribution in [0.1, 0.15) is 12.5 Å². The summed E-state index contributed by atoms with van der Waals surface area (Å²) in [4.78, 5) is 10.7. The normalized spacial score (nSPS) is 9.38. The van der Waals surface area contributed by atoms with Crippen molar-refractivity contribution in [3.8, 4) is 5.75 Å². The molecule has 2 nitrogen and oxygen atoms in total. The van der Waals surface area contributed by atoms with Gasteiger partial charge in [0, 0.05) is 6.92 Å². The van der Waals surface area contributed by atoms with Crippen LogP contribution in [-0.4, -0.2) is 5.97 Å². The van der Waals surface area contributed by atoms with Crippen LogP contribution in [0.5, 0.6) is 5.75 Å². The molecule has 1 rings (SSSR count). The molecule has 1 aromatic rings. The highest BCUT2D eigenvalue weighted by molar-refractivity contribution is 14.1. The van der Waals surface area contributed by atoms with Gasteiger partial charge < -0.3 is 4.74 Å². The summed E-state index contributed by atoms with van der Waals surface area (Å²) in [7, 11) is 0. The first-order chi connectivity index (χ1) is 6.13. The van der Waals surface area contributed by atoms with Crippen LogP contribution in [0, 0.1) is 3.57 Å². The molecular weight excluding hydrogens is 279 g/mol. The summed E-state index contributed by atoms with van der Waals surface area (Å²) in [5.41, 5.74) is 1.01. The first-order valence-electron chi connectivity index (χ1n) is 3.74. The number of rotatable bonds is 2. The molecule has 3 heteroatoms. The van der Waals surface area contributed by atoms with Gasteiger partial charge in [0.2, 0.25) is 0 Å². The maximum absolute atomic E-state index is 10.7. The number of esters is 1. The van der Waals surface area contributed by atoms with E-state index in [1.165, 1.54) is 6.92 Å². The Hall–Kier alpha value is -0.840. The number of ether oxygens (including phenoxy) is 1. The van der Waals surface area contributed by atoms with Crippen LogP contribution in [-0.2, 0) is 4.79 Å². The second-order valence-electron chi connectivity index (χ2n) is 2.49. The van der Waals surface area contributed by atoms with Crippen molar-refractivity contribution in [3.05, 3.63) is 33.9 Å². The lowest BCUT2D eigenvalue weighted by molar-refractivity contribution is -0.131. The summed E-state index contributed by atoms with van der Waals surface area (Å²) in [5, 5.41) is 0. The molecule has 0 saturated carbocycles. The van der Waals surface area contributed by atoms with Gasteiger partial charge in [-0.05, 0) is 40.3 Å². The van der Waals surface area contributed by atoms with Gasteiger partial charge in [-0.15, -0.1) is 0 Å². The molecule has 0 bridgehead atoms. The van der Waals surface area contributed by atoms with Crippen molar-refractivity contribution in [3.63, 3.8) is 0 Å². The average Bonchev–Trinajstić information content (AvgIpc) is 2.08. The van der Waals surface area contributed by atoms with E-state index in [1.54, 1.807) is 12.1 Å². The summed E-state index contributed by atoms with van der Waals surface area (Å²) in [6.07, 6.45) is 1.75. The maximum atomic E-state index is 10.7. The highest BCUT2D eigenvalue weighted by Gasteiger charge is 2.03. The number of carbonyl (C=O) groups excluding carboxylic acids is 1. The highest BCUT2D eigenvalue weighted by atomic mass is 127. The van der Waals surface area contributed by atoms with Gasteiger partial charge in [0.1, 0.15) is 5.75 Å². The topological polar surface area (TPSA) is 26.3 Å². The molecule has 0 aliphatic heterocycles. The van der Waals surface area contributed by atoms with Gasteiger partial charge in [-0.2, -0.15) is 0 Å². The Kier molecular flexibility index (Phi) is 3.48. The van der Waals surface area contributed by atoms with Crippen molar-refractivity contribution in [2.75, 3.05) is 0 Å². The van der Waals surface area contributed by atoms with E-state index >= 15 is 0 Å². The summed E-state index contributed by atoms with van der Waals surface area (Å²) < 4.78 is 5.87.